The topological polar surface area (TPSA) is 77.0 Å². The van der Waals surface area contributed by atoms with E-state index in [4.69, 9.17) is 14.2 Å². The van der Waals surface area contributed by atoms with Gasteiger partial charge in [-0.15, -0.1) is 0 Å². The molecular formula is C26H23BrFNO5. The summed E-state index contributed by atoms with van der Waals surface area (Å²) in [6.45, 7) is 0. The van der Waals surface area contributed by atoms with E-state index < -0.39 is 29.0 Å². The van der Waals surface area contributed by atoms with Gasteiger partial charge in [0, 0.05) is 22.0 Å². The Morgan fingerprint density at radius 1 is 1.21 bits per heavy atom. The third kappa shape index (κ3) is 2.98. The first kappa shape index (κ1) is 22.7. The van der Waals surface area contributed by atoms with E-state index in [1.54, 1.807) is 24.5 Å². The van der Waals surface area contributed by atoms with Crippen LogP contribution in [0.25, 0.3) is 0 Å². The smallest absolute Gasteiger partial charge is 0.207 e. The van der Waals surface area contributed by atoms with Gasteiger partial charge in [0.25, 0.3) is 0 Å². The van der Waals surface area contributed by atoms with Crippen molar-refractivity contribution in [2.45, 2.75) is 29.6 Å². The highest BCUT2D eigenvalue weighted by Crippen LogP contribution is 2.64. The molecule has 1 saturated carbocycles. The molecule has 0 saturated heterocycles. The predicted octanol–water partition coefficient (Wildman–Crippen LogP) is 4.18. The molecule has 4 unspecified atom stereocenters. The van der Waals surface area contributed by atoms with Gasteiger partial charge >= 0.3 is 0 Å². The summed E-state index contributed by atoms with van der Waals surface area (Å²) in [6.07, 6.45) is 4.10. The van der Waals surface area contributed by atoms with Gasteiger partial charge in [0.2, 0.25) is 6.41 Å². The first-order valence-electron chi connectivity index (χ1n) is 10.8. The van der Waals surface area contributed by atoms with Gasteiger partial charge in [-0.05, 0) is 41.8 Å². The Hall–Kier alpha value is -3.10. The number of hydrogen-bond acceptors (Lipinski definition) is 5. The summed E-state index contributed by atoms with van der Waals surface area (Å²) in [5, 5.41) is 15.5. The number of halogens is 2. The van der Waals surface area contributed by atoms with Crippen molar-refractivity contribution < 1.29 is 28.5 Å². The molecule has 176 valence electrons. The molecule has 0 spiro atoms. The van der Waals surface area contributed by atoms with Gasteiger partial charge in [0.15, 0.2) is 11.2 Å². The zero-order valence-corrected chi connectivity index (χ0v) is 20.1. The number of nitrogens with one attached hydrogen (secondary N) is 1. The highest BCUT2D eigenvalue weighted by molar-refractivity contribution is 9.10. The molecule has 2 aromatic rings. The minimum atomic E-state index is -1.77. The molecule has 2 N–H and O–H groups in total. The average Bonchev–Trinajstić information content (AvgIpc) is 3.34. The van der Waals surface area contributed by atoms with Gasteiger partial charge in [-0.2, -0.15) is 0 Å². The minimum Gasteiger partial charge on any atom is -0.496 e. The average molecular weight is 528 g/mol. The van der Waals surface area contributed by atoms with E-state index in [9.17, 15) is 14.3 Å². The molecule has 0 bridgehead atoms. The van der Waals surface area contributed by atoms with Crippen LogP contribution in [-0.2, 0) is 24.6 Å². The molecule has 34 heavy (non-hydrogen) atoms. The number of fused-ring (bicyclic) bond motifs is 3. The Balaban J connectivity index is 1.84. The summed E-state index contributed by atoms with van der Waals surface area (Å²) in [5.41, 5.74) is -0.865. The van der Waals surface area contributed by atoms with Crippen LogP contribution >= 0.6 is 15.9 Å². The van der Waals surface area contributed by atoms with Crippen LogP contribution in [0.5, 0.6) is 0 Å². The van der Waals surface area contributed by atoms with Crippen LogP contribution in [0.4, 0.5) is 4.39 Å². The zero-order chi connectivity index (χ0) is 24.1. The number of carbonyl (C=O) groups excluding carboxylic acids is 1. The maximum Gasteiger partial charge on any atom is 0.207 e. The number of amides is 1. The van der Waals surface area contributed by atoms with Crippen molar-refractivity contribution in [1.29, 1.82) is 0 Å². The second-order valence-electron chi connectivity index (χ2n) is 8.49. The SMILES string of the molecule is COC1=CC(OC)=C2C1=COC1(c3ccc(Br)cc3)C(c3cccc(F)c3)CC(NC=O)C21O. The molecule has 8 heteroatoms. The number of hydrogen-bond donors (Lipinski definition) is 2. The number of carbonyl (C=O) groups is 1. The van der Waals surface area contributed by atoms with Crippen molar-refractivity contribution in [1.82, 2.24) is 5.32 Å². The minimum absolute atomic E-state index is 0.290. The molecule has 1 aliphatic heterocycles. The monoisotopic (exact) mass is 527 g/mol. The summed E-state index contributed by atoms with van der Waals surface area (Å²) < 4.78 is 32.9. The lowest BCUT2D eigenvalue weighted by Crippen LogP contribution is -2.62. The molecule has 0 radical (unpaired) electrons. The van der Waals surface area contributed by atoms with Crippen molar-refractivity contribution in [2.75, 3.05) is 14.2 Å². The van der Waals surface area contributed by atoms with Crippen molar-refractivity contribution in [3.8, 4) is 0 Å². The molecule has 2 aliphatic carbocycles. The Labute approximate surface area is 204 Å². The summed E-state index contributed by atoms with van der Waals surface area (Å²) in [4.78, 5) is 11.7. The first-order valence-corrected chi connectivity index (χ1v) is 11.6. The lowest BCUT2D eigenvalue weighted by atomic mass is 9.67. The first-order chi connectivity index (χ1) is 16.4. The fraction of sp³-hybridized carbons (Fsp3) is 0.269. The zero-order valence-electron chi connectivity index (χ0n) is 18.5. The molecule has 6 nitrogen and oxygen atoms in total. The second-order valence-corrected chi connectivity index (χ2v) is 9.41. The molecule has 4 atom stereocenters. The number of rotatable bonds is 6. The number of allylic oxidation sites excluding steroid dienone is 2. The predicted molar refractivity (Wildman–Crippen MR) is 126 cm³/mol. The Morgan fingerprint density at radius 2 is 1.97 bits per heavy atom. The lowest BCUT2D eigenvalue weighted by Gasteiger charge is -2.50. The number of methoxy groups -OCH3 is 2. The van der Waals surface area contributed by atoms with E-state index in [1.807, 2.05) is 24.3 Å². The fourth-order valence-electron chi connectivity index (χ4n) is 5.70. The van der Waals surface area contributed by atoms with Gasteiger partial charge in [-0.25, -0.2) is 4.39 Å². The van der Waals surface area contributed by atoms with Gasteiger partial charge in [-0.3, -0.25) is 4.79 Å². The summed E-state index contributed by atoms with van der Waals surface area (Å²) in [6, 6.07) is 12.9. The molecule has 1 fully saturated rings. The van der Waals surface area contributed by atoms with Crippen molar-refractivity contribution >= 4 is 22.3 Å². The van der Waals surface area contributed by atoms with Crippen LogP contribution < -0.4 is 5.32 Å². The van der Waals surface area contributed by atoms with E-state index in [0.29, 0.717) is 46.6 Å². The number of ether oxygens (including phenoxy) is 3. The summed E-state index contributed by atoms with van der Waals surface area (Å²) >= 11 is 3.46. The number of aliphatic hydroxyl groups is 1. The Morgan fingerprint density at radius 3 is 2.62 bits per heavy atom. The molecule has 5 rings (SSSR count). The van der Waals surface area contributed by atoms with E-state index in [2.05, 4.69) is 21.2 Å². The van der Waals surface area contributed by atoms with Crippen molar-refractivity contribution in [2.24, 2.45) is 0 Å². The van der Waals surface area contributed by atoms with Crippen LogP contribution in [0.15, 0.2) is 88.0 Å². The third-order valence-corrected chi connectivity index (χ3v) is 7.58. The van der Waals surface area contributed by atoms with Gasteiger partial charge in [0.1, 0.15) is 17.3 Å². The van der Waals surface area contributed by atoms with E-state index in [0.717, 1.165) is 4.47 Å². The largest absolute Gasteiger partial charge is 0.496 e. The Bertz CT molecular complexity index is 1240. The highest BCUT2D eigenvalue weighted by Gasteiger charge is 2.72. The lowest BCUT2D eigenvalue weighted by molar-refractivity contribution is -0.147. The van der Waals surface area contributed by atoms with Gasteiger partial charge < -0.3 is 24.6 Å². The molecule has 0 aromatic heterocycles. The molecule has 3 aliphatic rings. The van der Waals surface area contributed by atoms with Crippen LogP contribution in [-0.4, -0.2) is 37.4 Å². The quantitative estimate of drug-likeness (QED) is 0.551. The van der Waals surface area contributed by atoms with E-state index >= 15 is 0 Å². The van der Waals surface area contributed by atoms with Crippen molar-refractivity contribution in [3.63, 3.8) is 0 Å². The van der Waals surface area contributed by atoms with E-state index in [1.165, 1.54) is 26.4 Å². The van der Waals surface area contributed by atoms with Crippen molar-refractivity contribution in [3.05, 3.63) is 105 Å². The standard InChI is InChI=1S/C26H23BrFNO5/c1-32-21-12-22(33-2)24-19(21)13-34-26(16-6-8-17(27)9-7-16)20(15-4-3-5-18(28)10-15)11-23(29-14-30)25(24,26)31/h3-10,12-14,20,23,31H,11H2,1-2H3,(H,29,30). The normalized spacial score (nSPS) is 29.4. The second kappa shape index (κ2) is 8.29. The fourth-order valence-corrected chi connectivity index (χ4v) is 5.96. The van der Waals surface area contributed by atoms with E-state index in [-0.39, 0.29) is 0 Å². The maximum absolute atomic E-state index is 14.3. The Kier molecular flexibility index (Phi) is 5.53. The van der Waals surface area contributed by atoms with Crippen LogP contribution in [0.3, 0.4) is 0 Å². The molecule has 1 heterocycles. The van der Waals surface area contributed by atoms with Gasteiger partial charge in [0.05, 0.1) is 32.1 Å². The molecule has 1 amide bonds. The van der Waals surface area contributed by atoms with Crippen LogP contribution in [0, 0.1) is 5.82 Å². The third-order valence-electron chi connectivity index (χ3n) is 7.05. The summed E-state index contributed by atoms with van der Waals surface area (Å²) in [5.74, 6) is -0.0228. The molecule has 2 aromatic carbocycles. The number of benzene rings is 2. The maximum atomic E-state index is 14.3. The van der Waals surface area contributed by atoms with Gasteiger partial charge in [-0.1, -0.05) is 40.2 Å². The van der Waals surface area contributed by atoms with Crippen LogP contribution in [0.2, 0.25) is 0 Å². The summed E-state index contributed by atoms with van der Waals surface area (Å²) in [7, 11) is 3.03. The van der Waals surface area contributed by atoms with Crippen LogP contribution in [0.1, 0.15) is 23.5 Å². The highest BCUT2D eigenvalue weighted by atomic mass is 79.9. The molecular weight excluding hydrogens is 505 g/mol.